The van der Waals surface area contributed by atoms with Crippen LogP contribution in [0, 0.1) is 0 Å². The third kappa shape index (κ3) is 5.43. The van der Waals surface area contributed by atoms with Crippen molar-refractivity contribution in [3.8, 4) is 11.3 Å². The number of rotatable bonds is 8. The predicted molar refractivity (Wildman–Crippen MR) is 137 cm³/mol. The number of aromatic nitrogens is 1. The minimum absolute atomic E-state index is 0.0303. The van der Waals surface area contributed by atoms with Gasteiger partial charge in [-0.15, -0.1) is 0 Å². The Morgan fingerprint density at radius 2 is 1.79 bits per heavy atom. The maximum absolute atomic E-state index is 12.1. The molecular formula is C26H34N6O. The lowest BCUT2D eigenvalue weighted by atomic mass is 10.1. The van der Waals surface area contributed by atoms with Crippen LogP contribution in [0.25, 0.3) is 22.2 Å². The number of fused-ring (bicyclic) bond motifs is 1. The maximum Gasteiger partial charge on any atom is 0.239 e. The summed E-state index contributed by atoms with van der Waals surface area (Å²) in [4.78, 5) is 21.2. The van der Waals surface area contributed by atoms with Gasteiger partial charge in [-0.2, -0.15) is 0 Å². The largest absolute Gasteiger partial charge is 0.384 e. The molecule has 1 atom stereocenters. The lowest BCUT2D eigenvalue weighted by Crippen LogP contribution is -2.52. The van der Waals surface area contributed by atoms with Crippen LogP contribution >= 0.6 is 0 Å². The van der Waals surface area contributed by atoms with Crippen molar-refractivity contribution in [2.24, 2.45) is 5.73 Å². The number of para-hydroxylation sites is 1. The first-order valence-corrected chi connectivity index (χ1v) is 11.7. The topological polar surface area (TPSA) is 86.5 Å². The van der Waals surface area contributed by atoms with Crippen LogP contribution in [0.4, 0.5) is 11.4 Å². The van der Waals surface area contributed by atoms with Gasteiger partial charge in [0.15, 0.2) is 0 Å². The van der Waals surface area contributed by atoms with Gasteiger partial charge in [0.05, 0.1) is 17.3 Å². The van der Waals surface area contributed by atoms with Crippen molar-refractivity contribution in [2.75, 3.05) is 56.5 Å². The molecule has 3 aromatic rings. The SMILES string of the molecule is CNCCCNc1cc(-c2ccc(N3CCN(C(=O)C(C)N)CC3)cc2)nc2ccccc12. The fourth-order valence-electron chi connectivity index (χ4n) is 4.27. The number of anilines is 2. The fraction of sp³-hybridized carbons (Fsp3) is 0.385. The van der Waals surface area contributed by atoms with Crippen molar-refractivity contribution < 1.29 is 4.79 Å². The minimum atomic E-state index is -0.437. The van der Waals surface area contributed by atoms with Gasteiger partial charge in [-0.05, 0) is 51.2 Å². The summed E-state index contributed by atoms with van der Waals surface area (Å²) in [6.07, 6.45) is 1.06. The molecular weight excluding hydrogens is 412 g/mol. The van der Waals surface area contributed by atoms with Crippen LogP contribution in [0.5, 0.6) is 0 Å². The van der Waals surface area contributed by atoms with Crippen LogP contribution in [-0.4, -0.2) is 68.1 Å². The zero-order chi connectivity index (χ0) is 23.2. The predicted octanol–water partition coefficient (Wildman–Crippen LogP) is 2.92. The van der Waals surface area contributed by atoms with E-state index < -0.39 is 6.04 Å². The van der Waals surface area contributed by atoms with E-state index >= 15 is 0 Å². The smallest absolute Gasteiger partial charge is 0.239 e. The first kappa shape index (κ1) is 23.0. The van der Waals surface area contributed by atoms with Gasteiger partial charge in [0.2, 0.25) is 5.91 Å². The Morgan fingerprint density at radius 1 is 1.06 bits per heavy atom. The molecule has 0 radical (unpaired) electrons. The summed E-state index contributed by atoms with van der Waals surface area (Å²) >= 11 is 0. The van der Waals surface area contributed by atoms with E-state index in [2.05, 4.69) is 64.1 Å². The highest BCUT2D eigenvalue weighted by molar-refractivity contribution is 5.93. The number of carbonyl (C=O) groups is 1. The van der Waals surface area contributed by atoms with Crippen molar-refractivity contribution in [2.45, 2.75) is 19.4 Å². The van der Waals surface area contributed by atoms with Gasteiger partial charge in [0.25, 0.3) is 0 Å². The van der Waals surface area contributed by atoms with E-state index in [1.54, 1.807) is 6.92 Å². The average molecular weight is 447 g/mol. The second-order valence-electron chi connectivity index (χ2n) is 8.60. The summed E-state index contributed by atoms with van der Waals surface area (Å²) in [5, 5.41) is 7.92. The number of benzene rings is 2. The van der Waals surface area contributed by atoms with Crippen LogP contribution in [-0.2, 0) is 4.79 Å². The molecule has 0 bridgehead atoms. The Labute approximate surface area is 196 Å². The Bertz CT molecular complexity index is 1070. The normalized spacial score (nSPS) is 15.0. The molecule has 1 aliphatic rings. The van der Waals surface area contributed by atoms with Crippen LogP contribution < -0.4 is 21.3 Å². The van der Waals surface area contributed by atoms with E-state index in [9.17, 15) is 4.79 Å². The summed E-state index contributed by atoms with van der Waals surface area (Å²) in [6, 6.07) is 18.5. The van der Waals surface area contributed by atoms with Crippen molar-refractivity contribution in [3.63, 3.8) is 0 Å². The van der Waals surface area contributed by atoms with Crippen molar-refractivity contribution in [1.82, 2.24) is 15.2 Å². The van der Waals surface area contributed by atoms with Crippen molar-refractivity contribution >= 4 is 28.2 Å². The lowest BCUT2D eigenvalue weighted by molar-refractivity contribution is -0.132. The highest BCUT2D eigenvalue weighted by Gasteiger charge is 2.23. The zero-order valence-corrected chi connectivity index (χ0v) is 19.6. The van der Waals surface area contributed by atoms with Gasteiger partial charge in [-0.25, -0.2) is 4.98 Å². The second-order valence-corrected chi connectivity index (χ2v) is 8.60. The summed E-state index contributed by atoms with van der Waals surface area (Å²) < 4.78 is 0. The number of piperazine rings is 1. The van der Waals surface area contributed by atoms with E-state index in [-0.39, 0.29) is 5.91 Å². The molecule has 0 spiro atoms. The Balaban J connectivity index is 1.49. The Hall–Kier alpha value is -3.16. The van der Waals surface area contributed by atoms with E-state index in [0.717, 1.165) is 66.1 Å². The molecule has 1 saturated heterocycles. The van der Waals surface area contributed by atoms with E-state index in [0.29, 0.717) is 13.1 Å². The molecule has 1 unspecified atom stereocenters. The molecule has 1 aliphatic heterocycles. The molecule has 174 valence electrons. The van der Waals surface area contributed by atoms with Gasteiger partial charge < -0.3 is 26.2 Å². The molecule has 7 nitrogen and oxygen atoms in total. The minimum Gasteiger partial charge on any atom is -0.384 e. The van der Waals surface area contributed by atoms with Crippen LogP contribution in [0.2, 0.25) is 0 Å². The van der Waals surface area contributed by atoms with Gasteiger partial charge in [0.1, 0.15) is 0 Å². The summed E-state index contributed by atoms with van der Waals surface area (Å²) in [5.41, 5.74) is 11.1. The molecule has 0 aliphatic carbocycles. The molecule has 1 aromatic heterocycles. The first-order chi connectivity index (χ1) is 16.1. The Kier molecular flexibility index (Phi) is 7.42. The van der Waals surface area contributed by atoms with Crippen LogP contribution in [0.1, 0.15) is 13.3 Å². The van der Waals surface area contributed by atoms with E-state index in [4.69, 9.17) is 10.7 Å². The first-order valence-electron chi connectivity index (χ1n) is 11.7. The maximum atomic E-state index is 12.1. The third-order valence-electron chi connectivity index (χ3n) is 6.14. The molecule has 1 fully saturated rings. The number of nitrogens with two attached hydrogens (primary N) is 1. The summed E-state index contributed by atoms with van der Waals surface area (Å²) in [5.74, 6) is 0.0303. The molecule has 33 heavy (non-hydrogen) atoms. The van der Waals surface area contributed by atoms with Gasteiger partial charge in [0, 0.05) is 55.0 Å². The Morgan fingerprint density at radius 3 is 2.48 bits per heavy atom. The summed E-state index contributed by atoms with van der Waals surface area (Å²) in [6.45, 7) is 6.67. The highest BCUT2D eigenvalue weighted by Crippen LogP contribution is 2.29. The fourth-order valence-corrected chi connectivity index (χ4v) is 4.27. The molecule has 2 aromatic carbocycles. The molecule has 1 amide bonds. The number of hydrogen-bond acceptors (Lipinski definition) is 6. The van der Waals surface area contributed by atoms with Crippen LogP contribution in [0.3, 0.4) is 0 Å². The number of amides is 1. The third-order valence-corrected chi connectivity index (χ3v) is 6.14. The van der Waals surface area contributed by atoms with E-state index in [1.807, 2.05) is 18.0 Å². The second kappa shape index (κ2) is 10.6. The van der Waals surface area contributed by atoms with Gasteiger partial charge in [-0.1, -0.05) is 30.3 Å². The number of nitrogens with one attached hydrogen (secondary N) is 2. The number of carbonyl (C=O) groups excluding carboxylic acids is 1. The molecule has 2 heterocycles. The zero-order valence-electron chi connectivity index (χ0n) is 19.6. The van der Waals surface area contributed by atoms with Gasteiger partial charge >= 0.3 is 0 Å². The highest BCUT2D eigenvalue weighted by atomic mass is 16.2. The average Bonchev–Trinajstić information content (AvgIpc) is 2.86. The molecule has 4 N–H and O–H groups in total. The number of nitrogens with zero attached hydrogens (tertiary/aromatic N) is 3. The van der Waals surface area contributed by atoms with Crippen molar-refractivity contribution in [1.29, 1.82) is 0 Å². The number of pyridine rings is 1. The number of hydrogen-bond donors (Lipinski definition) is 3. The monoisotopic (exact) mass is 446 g/mol. The lowest BCUT2D eigenvalue weighted by Gasteiger charge is -2.36. The molecule has 4 rings (SSSR count). The molecule has 0 saturated carbocycles. The van der Waals surface area contributed by atoms with E-state index in [1.165, 1.54) is 0 Å². The van der Waals surface area contributed by atoms with Crippen molar-refractivity contribution in [3.05, 3.63) is 54.6 Å². The van der Waals surface area contributed by atoms with Crippen LogP contribution in [0.15, 0.2) is 54.6 Å². The quantitative estimate of drug-likeness (QED) is 0.461. The molecule has 7 heteroatoms. The summed E-state index contributed by atoms with van der Waals surface area (Å²) in [7, 11) is 1.98. The van der Waals surface area contributed by atoms with Gasteiger partial charge in [-0.3, -0.25) is 4.79 Å². The standard InChI is InChI=1S/C26H34N6O/c1-19(27)26(33)32-16-14-31(15-17-32)21-10-8-20(9-11-21)24-18-25(29-13-5-12-28-2)22-6-3-4-7-23(22)30-24/h3-4,6-11,18-19,28H,5,12-17,27H2,1-2H3,(H,29,30).